The third-order valence-electron chi connectivity index (χ3n) is 3.34. The van der Waals surface area contributed by atoms with E-state index in [0.29, 0.717) is 0 Å². The molecule has 0 radical (unpaired) electrons. The third-order valence-corrected chi connectivity index (χ3v) is 6.31. The minimum Gasteiger partial charge on any atom is -0.387 e. The van der Waals surface area contributed by atoms with Crippen LogP contribution in [0.5, 0.6) is 0 Å². The molecule has 100 valence electrons. The highest BCUT2D eigenvalue weighted by molar-refractivity contribution is 7.93. The van der Waals surface area contributed by atoms with Gasteiger partial charge in [0.1, 0.15) is 9.84 Å². The molecule has 0 aromatic rings. The van der Waals surface area contributed by atoms with Gasteiger partial charge in [-0.05, 0) is 18.8 Å². The topological polar surface area (TPSA) is 91.8 Å². The molecule has 0 amide bonds. The van der Waals surface area contributed by atoms with Gasteiger partial charge in [-0.25, -0.2) is 16.8 Å². The average Bonchev–Trinajstić information content (AvgIpc) is 2.92. The number of sulfone groups is 1. The van der Waals surface area contributed by atoms with Crippen molar-refractivity contribution in [2.75, 3.05) is 30.9 Å². The van der Waals surface area contributed by atoms with Gasteiger partial charge in [0.05, 0.1) is 17.1 Å². The molecule has 2 aliphatic rings. The fraction of sp³-hybridized carbons (Fsp3) is 1.00. The molecule has 1 saturated carbocycles. The lowest BCUT2D eigenvalue weighted by Crippen LogP contribution is -2.65. The molecule has 0 unspecified atom stereocenters. The molecule has 17 heavy (non-hydrogen) atoms. The Labute approximate surface area is 102 Å². The van der Waals surface area contributed by atoms with Crippen molar-refractivity contribution in [2.45, 2.75) is 18.4 Å². The summed E-state index contributed by atoms with van der Waals surface area (Å²) in [6.07, 6.45) is 2.92. The first-order valence-corrected chi connectivity index (χ1v) is 9.17. The van der Waals surface area contributed by atoms with Gasteiger partial charge in [-0.3, -0.25) is 0 Å². The first-order chi connectivity index (χ1) is 7.62. The smallest absolute Gasteiger partial charge is 0.215 e. The third kappa shape index (κ3) is 2.98. The Hall–Kier alpha value is -0.180. The first kappa shape index (κ1) is 13.3. The lowest BCUT2D eigenvalue weighted by molar-refractivity contribution is -0.0764. The summed E-state index contributed by atoms with van der Waals surface area (Å²) in [6.45, 7) is 0.230. The summed E-state index contributed by atoms with van der Waals surface area (Å²) >= 11 is 0. The van der Waals surface area contributed by atoms with Crippen LogP contribution in [-0.2, 0) is 19.9 Å². The zero-order valence-electron chi connectivity index (χ0n) is 9.66. The largest absolute Gasteiger partial charge is 0.387 e. The summed E-state index contributed by atoms with van der Waals surface area (Å²) in [5, 5.41) is 9.99. The number of aliphatic hydroxyl groups is 1. The van der Waals surface area contributed by atoms with Crippen molar-refractivity contribution in [1.82, 2.24) is 4.31 Å². The van der Waals surface area contributed by atoms with Crippen molar-refractivity contribution in [3.05, 3.63) is 0 Å². The molecule has 1 aliphatic heterocycles. The summed E-state index contributed by atoms with van der Waals surface area (Å²) in [5.74, 6) is -0.538. The van der Waals surface area contributed by atoms with Gasteiger partial charge in [-0.15, -0.1) is 0 Å². The standard InChI is InChI=1S/C9H17NO5S2/c1-16(12,13)4-5-17(14,15)10-6-9(11,7-10)8-2-3-8/h8,11H,2-7H2,1H3. The van der Waals surface area contributed by atoms with Crippen LogP contribution in [0.1, 0.15) is 12.8 Å². The van der Waals surface area contributed by atoms with Crippen LogP contribution in [0.4, 0.5) is 0 Å². The zero-order valence-corrected chi connectivity index (χ0v) is 11.3. The van der Waals surface area contributed by atoms with Crippen molar-refractivity contribution >= 4 is 19.9 Å². The Kier molecular flexibility index (Phi) is 3.05. The van der Waals surface area contributed by atoms with Crippen molar-refractivity contribution in [2.24, 2.45) is 5.92 Å². The second kappa shape index (κ2) is 3.91. The SMILES string of the molecule is CS(=O)(=O)CCS(=O)(=O)N1CC(O)(C2CC2)C1. The summed E-state index contributed by atoms with van der Waals surface area (Å²) in [5.41, 5.74) is -0.863. The molecule has 0 atom stereocenters. The van der Waals surface area contributed by atoms with Gasteiger partial charge in [0.15, 0.2) is 0 Å². The number of β-amino-alcohol motifs (C(OH)–C–C–N with tert-alkyl or cyclic N) is 1. The molecular formula is C9H17NO5S2. The van der Waals surface area contributed by atoms with Crippen LogP contribution in [0.2, 0.25) is 0 Å². The molecule has 8 heteroatoms. The fourth-order valence-corrected chi connectivity index (χ4v) is 5.18. The van der Waals surface area contributed by atoms with Gasteiger partial charge in [0.2, 0.25) is 10.0 Å². The van der Waals surface area contributed by atoms with E-state index >= 15 is 0 Å². The fourth-order valence-electron chi connectivity index (χ4n) is 2.03. The Morgan fingerprint density at radius 3 is 2.12 bits per heavy atom. The summed E-state index contributed by atoms with van der Waals surface area (Å²) < 4.78 is 46.5. The van der Waals surface area contributed by atoms with Crippen LogP contribution in [0.15, 0.2) is 0 Å². The molecule has 1 heterocycles. The summed E-state index contributed by atoms with van der Waals surface area (Å²) in [6, 6.07) is 0. The van der Waals surface area contributed by atoms with Crippen molar-refractivity contribution < 1.29 is 21.9 Å². The highest BCUT2D eigenvalue weighted by atomic mass is 32.2. The normalized spacial score (nSPS) is 25.5. The van der Waals surface area contributed by atoms with E-state index < -0.39 is 31.2 Å². The number of sulfonamides is 1. The second-order valence-corrected chi connectivity index (χ2v) is 9.44. The van der Waals surface area contributed by atoms with Crippen LogP contribution in [0, 0.1) is 5.92 Å². The van der Waals surface area contributed by atoms with Crippen molar-refractivity contribution in [3.8, 4) is 0 Å². The van der Waals surface area contributed by atoms with E-state index in [4.69, 9.17) is 0 Å². The number of nitrogens with zero attached hydrogens (tertiary/aromatic N) is 1. The van der Waals surface area contributed by atoms with Gasteiger partial charge < -0.3 is 5.11 Å². The first-order valence-electron chi connectivity index (χ1n) is 5.50. The minimum atomic E-state index is -3.54. The Bertz CT molecular complexity index is 500. The molecular weight excluding hydrogens is 266 g/mol. The van der Waals surface area contributed by atoms with Crippen LogP contribution < -0.4 is 0 Å². The number of hydrogen-bond acceptors (Lipinski definition) is 5. The molecule has 0 aromatic heterocycles. The van der Waals surface area contributed by atoms with Crippen molar-refractivity contribution in [1.29, 1.82) is 0 Å². The van der Waals surface area contributed by atoms with E-state index in [0.717, 1.165) is 19.1 Å². The van der Waals surface area contributed by atoms with Gasteiger partial charge in [-0.1, -0.05) is 0 Å². The number of hydrogen-bond donors (Lipinski definition) is 1. The predicted octanol–water partition coefficient (Wildman–Crippen LogP) is -1.18. The molecule has 6 nitrogen and oxygen atoms in total. The van der Waals surface area contributed by atoms with Gasteiger partial charge in [0.25, 0.3) is 0 Å². The van der Waals surface area contributed by atoms with E-state index in [1.54, 1.807) is 0 Å². The van der Waals surface area contributed by atoms with Crippen LogP contribution in [-0.4, -0.2) is 62.7 Å². The van der Waals surface area contributed by atoms with Crippen LogP contribution in [0.25, 0.3) is 0 Å². The maximum absolute atomic E-state index is 11.7. The van der Waals surface area contributed by atoms with Gasteiger partial charge in [-0.2, -0.15) is 4.31 Å². The zero-order chi connectivity index (χ0) is 12.9. The summed E-state index contributed by atoms with van der Waals surface area (Å²) in [7, 11) is -6.82. The van der Waals surface area contributed by atoms with E-state index in [9.17, 15) is 21.9 Å². The molecule has 1 saturated heterocycles. The quantitative estimate of drug-likeness (QED) is 0.685. The molecule has 1 N–H and O–H groups in total. The van der Waals surface area contributed by atoms with E-state index in [1.165, 1.54) is 4.31 Å². The molecule has 0 spiro atoms. The van der Waals surface area contributed by atoms with Gasteiger partial charge in [0, 0.05) is 19.3 Å². The molecule has 0 aromatic carbocycles. The molecule has 2 fully saturated rings. The van der Waals surface area contributed by atoms with Crippen molar-refractivity contribution in [3.63, 3.8) is 0 Å². The van der Waals surface area contributed by atoms with Crippen LogP contribution >= 0.6 is 0 Å². The predicted molar refractivity (Wildman–Crippen MR) is 62.7 cm³/mol. The molecule has 2 rings (SSSR count). The molecule has 0 bridgehead atoms. The van der Waals surface area contributed by atoms with E-state index in [2.05, 4.69) is 0 Å². The molecule has 1 aliphatic carbocycles. The van der Waals surface area contributed by atoms with E-state index in [-0.39, 0.29) is 24.8 Å². The van der Waals surface area contributed by atoms with Crippen LogP contribution in [0.3, 0.4) is 0 Å². The Balaban J connectivity index is 1.91. The highest BCUT2D eigenvalue weighted by Gasteiger charge is 2.54. The Morgan fingerprint density at radius 2 is 1.71 bits per heavy atom. The maximum atomic E-state index is 11.7. The van der Waals surface area contributed by atoms with Gasteiger partial charge >= 0.3 is 0 Å². The number of rotatable bonds is 5. The van der Waals surface area contributed by atoms with E-state index in [1.807, 2.05) is 0 Å². The summed E-state index contributed by atoms with van der Waals surface area (Å²) in [4.78, 5) is 0. The lowest BCUT2D eigenvalue weighted by atomic mass is 9.91. The maximum Gasteiger partial charge on any atom is 0.215 e. The Morgan fingerprint density at radius 1 is 1.18 bits per heavy atom. The average molecular weight is 283 g/mol. The minimum absolute atomic E-state index is 0.115. The highest BCUT2D eigenvalue weighted by Crippen LogP contribution is 2.45. The monoisotopic (exact) mass is 283 g/mol. The lowest BCUT2D eigenvalue weighted by Gasteiger charge is -2.45. The second-order valence-electron chi connectivity index (χ2n) is 5.09.